The molecule has 0 saturated heterocycles. The first-order valence-corrected chi connectivity index (χ1v) is 5.60. The lowest BCUT2D eigenvalue weighted by molar-refractivity contribution is 0.0936. The number of ether oxygens (including phenoxy) is 1. The monoisotopic (exact) mass is 241 g/mol. The van der Waals surface area contributed by atoms with Gasteiger partial charge in [-0.2, -0.15) is 0 Å². The maximum atomic E-state index is 11.9. The van der Waals surface area contributed by atoms with Crippen LogP contribution in [0, 0.1) is 0 Å². The van der Waals surface area contributed by atoms with Crippen molar-refractivity contribution in [1.29, 1.82) is 0 Å². The molecule has 16 heavy (non-hydrogen) atoms. The van der Waals surface area contributed by atoms with Crippen molar-refractivity contribution in [3.8, 4) is 5.75 Å². The van der Waals surface area contributed by atoms with Crippen LogP contribution in [0.4, 0.5) is 0 Å². The maximum Gasteiger partial charge on any atom is 0.255 e. The second-order valence-corrected chi connectivity index (χ2v) is 4.06. The van der Waals surface area contributed by atoms with Crippen LogP contribution < -0.4 is 10.1 Å². The van der Waals surface area contributed by atoms with Crippen LogP contribution in [0.1, 0.15) is 30.6 Å². The molecule has 0 saturated carbocycles. The van der Waals surface area contributed by atoms with E-state index in [0.717, 1.165) is 6.42 Å². The number of carbonyl (C=O) groups excluding carboxylic acids is 1. The third-order valence-corrected chi connectivity index (χ3v) is 2.63. The minimum absolute atomic E-state index is 0.136. The van der Waals surface area contributed by atoms with Crippen molar-refractivity contribution in [2.75, 3.05) is 7.11 Å². The lowest BCUT2D eigenvalue weighted by Gasteiger charge is -2.13. The van der Waals surface area contributed by atoms with Crippen molar-refractivity contribution in [3.05, 3.63) is 28.8 Å². The molecule has 1 N–H and O–H groups in total. The molecule has 1 amide bonds. The molecule has 1 rings (SSSR count). The van der Waals surface area contributed by atoms with E-state index in [1.54, 1.807) is 18.2 Å². The molecular weight excluding hydrogens is 226 g/mol. The van der Waals surface area contributed by atoms with E-state index in [-0.39, 0.29) is 11.9 Å². The number of amides is 1. The molecule has 1 aromatic rings. The average molecular weight is 242 g/mol. The topological polar surface area (TPSA) is 38.3 Å². The van der Waals surface area contributed by atoms with Crippen LogP contribution in [-0.4, -0.2) is 19.1 Å². The first-order chi connectivity index (χ1) is 7.58. The zero-order valence-corrected chi connectivity index (χ0v) is 10.5. The van der Waals surface area contributed by atoms with Crippen LogP contribution in [0.15, 0.2) is 18.2 Å². The third kappa shape index (κ3) is 3.14. The number of benzene rings is 1. The van der Waals surface area contributed by atoms with Gasteiger partial charge in [-0.25, -0.2) is 0 Å². The second-order valence-electron chi connectivity index (χ2n) is 3.63. The molecule has 3 nitrogen and oxygen atoms in total. The van der Waals surface area contributed by atoms with Gasteiger partial charge in [0.1, 0.15) is 5.75 Å². The van der Waals surface area contributed by atoms with Crippen LogP contribution in [0.2, 0.25) is 5.02 Å². The zero-order valence-electron chi connectivity index (χ0n) is 9.71. The molecule has 88 valence electrons. The van der Waals surface area contributed by atoms with E-state index in [0.29, 0.717) is 16.3 Å². The molecule has 0 spiro atoms. The Morgan fingerprint density at radius 2 is 2.25 bits per heavy atom. The van der Waals surface area contributed by atoms with Gasteiger partial charge < -0.3 is 10.1 Å². The van der Waals surface area contributed by atoms with Gasteiger partial charge in [-0.1, -0.05) is 18.5 Å². The Morgan fingerprint density at radius 3 is 2.81 bits per heavy atom. The summed E-state index contributed by atoms with van der Waals surface area (Å²) in [5.74, 6) is 0.358. The summed E-state index contributed by atoms with van der Waals surface area (Å²) in [7, 11) is 1.52. The number of halogens is 1. The fourth-order valence-corrected chi connectivity index (χ4v) is 1.42. The highest BCUT2D eigenvalue weighted by molar-refractivity contribution is 6.30. The van der Waals surface area contributed by atoms with Crippen LogP contribution in [0.5, 0.6) is 5.75 Å². The number of methoxy groups -OCH3 is 1. The van der Waals surface area contributed by atoms with Gasteiger partial charge in [0.2, 0.25) is 0 Å². The van der Waals surface area contributed by atoms with E-state index in [1.165, 1.54) is 7.11 Å². The van der Waals surface area contributed by atoms with Crippen molar-refractivity contribution >= 4 is 17.5 Å². The molecule has 0 fully saturated rings. The third-order valence-electron chi connectivity index (χ3n) is 2.40. The molecule has 0 heterocycles. The highest BCUT2D eigenvalue weighted by Gasteiger charge is 2.13. The Hall–Kier alpha value is -1.22. The summed E-state index contributed by atoms with van der Waals surface area (Å²) in [5.41, 5.74) is 0.507. The molecule has 0 aliphatic rings. The van der Waals surface area contributed by atoms with E-state index in [9.17, 15) is 4.79 Å². The van der Waals surface area contributed by atoms with Gasteiger partial charge in [0.25, 0.3) is 5.91 Å². The molecule has 1 unspecified atom stereocenters. The molecule has 0 aliphatic heterocycles. The summed E-state index contributed by atoms with van der Waals surface area (Å²) in [6, 6.07) is 5.12. The van der Waals surface area contributed by atoms with Gasteiger partial charge in [0.15, 0.2) is 0 Å². The number of hydrogen-bond acceptors (Lipinski definition) is 2. The summed E-state index contributed by atoms with van der Waals surface area (Å²) in [6.07, 6.45) is 0.891. The Morgan fingerprint density at radius 1 is 1.56 bits per heavy atom. The normalized spacial score (nSPS) is 12.0. The Balaban J connectivity index is 2.90. The molecule has 0 aromatic heterocycles. The summed E-state index contributed by atoms with van der Waals surface area (Å²) in [5, 5.41) is 3.43. The van der Waals surface area contributed by atoms with Gasteiger partial charge in [0.05, 0.1) is 12.7 Å². The molecule has 1 aromatic carbocycles. The SMILES string of the molecule is CCC(C)NC(=O)c1ccc(Cl)cc1OC. The number of nitrogens with one attached hydrogen (secondary N) is 1. The predicted molar refractivity (Wildman–Crippen MR) is 65.2 cm³/mol. The molecule has 4 heteroatoms. The van der Waals surface area contributed by atoms with Crippen LogP contribution >= 0.6 is 11.6 Å². The fraction of sp³-hybridized carbons (Fsp3) is 0.417. The van der Waals surface area contributed by atoms with Crippen LogP contribution in [0.3, 0.4) is 0 Å². The average Bonchev–Trinajstić information content (AvgIpc) is 2.28. The molecule has 0 bridgehead atoms. The van der Waals surface area contributed by atoms with E-state index < -0.39 is 0 Å². The standard InChI is InChI=1S/C12H16ClNO2/c1-4-8(2)14-12(15)10-6-5-9(13)7-11(10)16-3/h5-8H,4H2,1-3H3,(H,14,15). The minimum atomic E-state index is -0.136. The van der Waals surface area contributed by atoms with Gasteiger partial charge in [-0.15, -0.1) is 0 Å². The quantitative estimate of drug-likeness (QED) is 0.880. The van der Waals surface area contributed by atoms with Crippen molar-refractivity contribution in [2.24, 2.45) is 0 Å². The Kier molecular flexibility index (Phi) is 4.62. The number of carbonyl (C=O) groups is 1. The van der Waals surface area contributed by atoms with Crippen molar-refractivity contribution < 1.29 is 9.53 Å². The fourth-order valence-electron chi connectivity index (χ4n) is 1.26. The maximum absolute atomic E-state index is 11.9. The molecule has 0 aliphatic carbocycles. The lowest BCUT2D eigenvalue weighted by atomic mass is 10.1. The van der Waals surface area contributed by atoms with Crippen LogP contribution in [0.25, 0.3) is 0 Å². The Bertz CT molecular complexity index is 379. The van der Waals surface area contributed by atoms with E-state index in [1.807, 2.05) is 13.8 Å². The van der Waals surface area contributed by atoms with Crippen molar-refractivity contribution in [2.45, 2.75) is 26.3 Å². The smallest absolute Gasteiger partial charge is 0.255 e. The Labute approximate surface area is 101 Å². The largest absolute Gasteiger partial charge is 0.496 e. The summed E-state index contributed by atoms with van der Waals surface area (Å²) in [4.78, 5) is 11.9. The first-order valence-electron chi connectivity index (χ1n) is 5.22. The molecule has 1 atom stereocenters. The van der Waals surface area contributed by atoms with Gasteiger partial charge >= 0.3 is 0 Å². The van der Waals surface area contributed by atoms with Gasteiger partial charge in [-0.05, 0) is 31.5 Å². The highest BCUT2D eigenvalue weighted by Crippen LogP contribution is 2.23. The second kappa shape index (κ2) is 5.75. The minimum Gasteiger partial charge on any atom is -0.496 e. The highest BCUT2D eigenvalue weighted by atomic mass is 35.5. The van der Waals surface area contributed by atoms with Crippen molar-refractivity contribution in [3.63, 3.8) is 0 Å². The number of rotatable bonds is 4. The van der Waals surface area contributed by atoms with E-state index in [4.69, 9.17) is 16.3 Å². The van der Waals surface area contributed by atoms with Gasteiger partial charge in [-0.3, -0.25) is 4.79 Å². The predicted octanol–water partition coefficient (Wildman–Crippen LogP) is 2.88. The lowest BCUT2D eigenvalue weighted by Crippen LogP contribution is -2.32. The van der Waals surface area contributed by atoms with E-state index in [2.05, 4.69) is 5.32 Å². The summed E-state index contributed by atoms with van der Waals surface area (Å²) >= 11 is 5.82. The molecular formula is C12H16ClNO2. The molecule has 0 radical (unpaired) electrons. The first kappa shape index (κ1) is 12.8. The van der Waals surface area contributed by atoms with Crippen molar-refractivity contribution in [1.82, 2.24) is 5.32 Å². The summed E-state index contributed by atoms with van der Waals surface area (Å²) in [6.45, 7) is 3.98. The zero-order chi connectivity index (χ0) is 12.1. The van der Waals surface area contributed by atoms with Crippen LogP contribution in [-0.2, 0) is 0 Å². The van der Waals surface area contributed by atoms with E-state index >= 15 is 0 Å². The van der Waals surface area contributed by atoms with Gasteiger partial charge in [0, 0.05) is 11.1 Å². The number of hydrogen-bond donors (Lipinski definition) is 1. The summed E-state index contributed by atoms with van der Waals surface area (Å²) < 4.78 is 5.12.